The van der Waals surface area contributed by atoms with E-state index < -0.39 is 0 Å². The number of aromatic nitrogens is 4. The van der Waals surface area contributed by atoms with Crippen molar-refractivity contribution in [2.75, 3.05) is 32.7 Å². The average Bonchev–Trinajstić information content (AvgIpc) is 3.16. The molecule has 1 aliphatic heterocycles. The third-order valence-electron chi connectivity index (χ3n) is 4.75. The van der Waals surface area contributed by atoms with Crippen LogP contribution in [0.4, 0.5) is 4.39 Å². The molecule has 0 atom stereocenters. The second kappa shape index (κ2) is 6.80. The Balaban J connectivity index is 1.70. The third-order valence-corrected chi connectivity index (χ3v) is 4.75. The first kappa shape index (κ1) is 16.6. The smallest absolute Gasteiger partial charge is 0.274 e. The number of benzene rings is 1. The van der Waals surface area contributed by atoms with Gasteiger partial charge in [-0.2, -0.15) is 9.61 Å². The molecule has 0 radical (unpaired) electrons. The topological polar surface area (TPSA) is 66.6 Å². The zero-order valence-corrected chi connectivity index (χ0v) is 14.5. The van der Waals surface area contributed by atoms with Gasteiger partial charge in [-0.3, -0.25) is 4.79 Å². The normalized spacial score (nSPS) is 15.5. The van der Waals surface area contributed by atoms with Crippen molar-refractivity contribution in [2.45, 2.75) is 6.92 Å². The minimum absolute atomic E-state index is 0.111. The molecule has 1 fully saturated rings. The molecule has 0 saturated carbocycles. The highest BCUT2D eigenvalue weighted by atomic mass is 19.1. The fourth-order valence-corrected chi connectivity index (χ4v) is 3.20. The van der Waals surface area contributed by atoms with Crippen molar-refractivity contribution in [3.63, 3.8) is 0 Å². The van der Waals surface area contributed by atoms with Crippen LogP contribution in [0, 0.1) is 5.82 Å². The van der Waals surface area contributed by atoms with Crippen molar-refractivity contribution in [2.24, 2.45) is 0 Å². The number of likely N-dealkylation sites (N-methyl/N-ethyl adjacent to an activating group) is 1. The lowest BCUT2D eigenvalue weighted by molar-refractivity contribution is 0.0636. The molecular formula is C18H19FN6O. The Kier molecular flexibility index (Phi) is 4.34. The van der Waals surface area contributed by atoms with Crippen LogP contribution >= 0.6 is 0 Å². The van der Waals surface area contributed by atoms with E-state index in [0.717, 1.165) is 25.2 Å². The number of amides is 1. The van der Waals surface area contributed by atoms with Crippen LogP contribution in [-0.4, -0.2) is 68.2 Å². The molecule has 0 bridgehead atoms. The zero-order chi connectivity index (χ0) is 18.1. The van der Waals surface area contributed by atoms with Crippen LogP contribution in [0.1, 0.15) is 17.4 Å². The Hall–Kier alpha value is -2.87. The molecule has 1 amide bonds. The quantitative estimate of drug-likeness (QED) is 0.716. The molecule has 134 valence electrons. The molecule has 0 unspecified atom stereocenters. The number of carbonyl (C=O) groups excluding carboxylic acids is 1. The number of hydrogen-bond donors (Lipinski definition) is 0. The first-order chi connectivity index (χ1) is 12.7. The lowest BCUT2D eigenvalue weighted by Gasteiger charge is -2.33. The van der Waals surface area contributed by atoms with Gasteiger partial charge < -0.3 is 9.80 Å². The molecule has 3 aromatic rings. The molecule has 2 aromatic heterocycles. The minimum Gasteiger partial charge on any atom is -0.335 e. The number of carbonyl (C=O) groups is 1. The third kappa shape index (κ3) is 3.03. The molecule has 4 rings (SSSR count). The predicted octanol–water partition coefficient (Wildman–Crippen LogP) is 1.71. The number of fused-ring (bicyclic) bond motifs is 1. The lowest BCUT2D eigenvalue weighted by atomic mass is 10.1. The van der Waals surface area contributed by atoms with Crippen LogP contribution < -0.4 is 0 Å². The fraction of sp³-hybridized carbons (Fsp3) is 0.333. The van der Waals surface area contributed by atoms with Crippen LogP contribution in [0.5, 0.6) is 0 Å². The monoisotopic (exact) mass is 354 g/mol. The van der Waals surface area contributed by atoms with Gasteiger partial charge in [0.25, 0.3) is 5.91 Å². The van der Waals surface area contributed by atoms with Crippen LogP contribution in [0.3, 0.4) is 0 Å². The van der Waals surface area contributed by atoms with Crippen molar-refractivity contribution in [1.82, 2.24) is 29.6 Å². The Morgan fingerprint density at radius 3 is 2.58 bits per heavy atom. The molecule has 7 nitrogen and oxygen atoms in total. The van der Waals surface area contributed by atoms with Gasteiger partial charge >= 0.3 is 0 Å². The highest BCUT2D eigenvalue weighted by Gasteiger charge is 2.24. The van der Waals surface area contributed by atoms with E-state index in [9.17, 15) is 9.18 Å². The summed E-state index contributed by atoms with van der Waals surface area (Å²) in [6, 6.07) is 7.80. The van der Waals surface area contributed by atoms with Crippen molar-refractivity contribution >= 4 is 11.6 Å². The van der Waals surface area contributed by atoms with Crippen LogP contribution in [0.2, 0.25) is 0 Å². The van der Waals surface area contributed by atoms with Crippen molar-refractivity contribution in [3.8, 4) is 11.1 Å². The summed E-state index contributed by atoms with van der Waals surface area (Å²) >= 11 is 0. The highest BCUT2D eigenvalue weighted by molar-refractivity contribution is 5.94. The summed E-state index contributed by atoms with van der Waals surface area (Å²) in [4.78, 5) is 17.1. The van der Waals surface area contributed by atoms with E-state index in [1.165, 1.54) is 23.0 Å². The van der Waals surface area contributed by atoms with E-state index in [1.54, 1.807) is 18.2 Å². The van der Waals surface area contributed by atoms with Gasteiger partial charge in [-0.1, -0.05) is 19.1 Å². The Bertz CT molecular complexity index is 931. The number of piperazine rings is 1. The van der Waals surface area contributed by atoms with E-state index in [-0.39, 0.29) is 11.7 Å². The summed E-state index contributed by atoms with van der Waals surface area (Å²) in [6.07, 6.45) is 1.47. The van der Waals surface area contributed by atoms with Crippen molar-refractivity contribution in [3.05, 3.63) is 48.2 Å². The van der Waals surface area contributed by atoms with Gasteiger partial charge in [0, 0.05) is 31.7 Å². The van der Waals surface area contributed by atoms with Crippen molar-refractivity contribution < 1.29 is 9.18 Å². The number of halogens is 1. The summed E-state index contributed by atoms with van der Waals surface area (Å²) in [7, 11) is 0. The Morgan fingerprint density at radius 2 is 1.88 bits per heavy atom. The lowest BCUT2D eigenvalue weighted by Crippen LogP contribution is -2.48. The van der Waals surface area contributed by atoms with Crippen LogP contribution in [0.25, 0.3) is 16.8 Å². The molecule has 0 aliphatic carbocycles. The minimum atomic E-state index is -0.314. The molecule has 8 heteroatoms. The molecular weight excluding hydrogens is 335 g/mol. The molecule has 0 N–H and O–H groups in total. The first-order valence-corrected chi connectivity index (χ1v) is 8.64. The summed E-state index contributed by atoms with van der Waals surface area (Å²) in [5.41, 5.74) is 2.33. The maximum Gasteiger partial charge on any atom is 0.274 e. The van der Waals surface area contributed by atoms with Gasteiger partial charge in [0.15, 0.2) is 5.65 Å². The summed E-state index contributed by atoms with van der Waals surface area (Å²) < 4.78 is 14.8. The summed E-state index contributed by atoms with van der Waals surface area (Å²) in [5, 5.41) is 12.3. The molecule has 3 heterocycles. The SMILES string of the molecule is CCN1CCN(C(=O)c2cc(-c3ccc(F)cc3)c3nncn3n2)CC1. The zero-order valence-electron chi connectivity index (χ0n) is 14.5. The first-order valence-electron chi connectivity index (χ1n) is 8.64. The second-order valence-electron chi connectivity index (χ2n) is 6.28. The van der Waals surface area contributed by atoms with E-state index >= 15 is 0 Å². The number of hydrogen-bond acceptors (Lipinski definition) is 5. The summed E-state index contributed by atoms with van der Waals surface area (Å²) in [6.45, 7) is 6.19. The van der Waals surface area contributed by atoms with Gasteiger partial charge in [-0.25, -0.2) is 4.39 Å². The van der Waals surface area contributed by atoms with E-state index in [4.69, 9.17) is 0 Å². The molecule has 26 heavy (non-hydrogen) atoms. The maximum atomic E-state index is 13.3. The summed E-state index contributed by atoms with van der Waals surface area (Å²) in [5.74, 6) is -0.426. The van der Waals surface area contributed by atoms with E-state index in [0.29, 0.717) is 30.0 Å². The molecule has 1 saturated heterocycles. The number of nitrogens with zero attached hydrogens (tertiary/aromatic N) is 6. The predicted molar refractivity (Wildman–Crippen MR) is 94.2 cm³/mol. The fourth-order valence-electron chi connectivity index (χ4n) is 3.20. The van der Waals surface area contributed by atoms with Crippen molar-refractivity contribution in [1.29, 1.82) is 0 Å². The molecule has 1 aromatic carbocycles. The Labute approximate surface area is 150 Å². The highest BCUT2D eigenvalue weighted by Crippen LogP contribution is 2.24. The Morgan fingerprint density at radius 1 is 1.15 bits per heavy atom. The molecule has 0 spiro atoms. The molecule has 1 aliphatic rings. The maximum absolute atomic E-state index is 13.3. The van der Waals surface area contributed by atoms with Gasteiger partial charge in [-0.15, -0.1) is 10.2 Å². The second-order valence-corrected chi connectivity index (χ2v) is 6.28. The van der Waals surface area contributed by atoms with Crippen LogP contribution in [0.15, 0.2) is 36.7 Å². The number of rotatable bonds is 3. The van der Waals surface area contributed by atoms with Gasteiger partial charge in [0.2, 0.25) is 0 Å². The average molecular weight is 354 g/mol. The van der Waals surface area contributed by atoms with Gasteiger partial charge in [0.05, 0.1) is 0 Å². The van der Waals surface area contributed by atoms with Gasteiger partial charge in [0.1, 0.15) is 17.8 Å². The standard InChI is InChI=1S/C18H19FN6O/c1-2-23-7-9-24(10-8-23)18(26)16-11-15(13-3-5-14(19)6-4-13)17-21-20-12-25(17)22-16/h3-6,11-12H,2,7-10H2,1H3. The largest absolute Gasteiger partial charge is 0.335 e. The van der Waals surface area contributed by atoms with Crippen LogP contribution in [-0.2, 0) is 0 Å². The van der Waals surface area contributed by atoms with E-state index in [1.807, 2.05) is 4.90 Å². The van der Waals surface area contributed by atoms with E-state index in [2.05, 4.69) is 27.1 Å². The van der Waals surface area contributed by atoms with Gasteiger partial charge in [-0.05, 0) is 30.3 Å².